The Morgan fingerprint density at radius 3 is 2.44 bits per heavy atom. The quantitative estimate of drug-likeness (QED) is 0.641. The number of rotatable bonds is 3. The number of benzene rings is 2. The maximum absolute atomic E-state index is 14.3. The van der Waals surface area contributed by atoms with E-state index in [0.717, 1.165) is 0 Å². The molecule has 1 atom stereocenters. The van der Waals surface area contributed by atoms with E-state index in [-0.39, 0.29) is 24.0 Å². The first-order chi connectivity index (χ1) is 13.1. The molecular weight excluding hydrogens is 387 g/mol. The zero-order chi connectivity index (χ0) is 19.0. The lowest BCUT2D eigenvalue weighted by Gasteiger charge is -2.40. The fourth-order valence-corrected chi connectivity index (χ4v) is 3.99. The molecule has 0 N–H and O–H groups in total. The number of para-hydroxylation sites is 1. The number of piperazine rings is 1. The molecule has 2 heterocycles. The van der Waals surface area contributed by atoms with Crippen LogP contribution in [0.3, 0.4) is 0 Å². The summed E-state index contributed by atoms with van der Waals surface area (Å²) in [6.45, 7) is -0.233. The lowest BCUT2D eigenvalue weighted by Crippen LogP contribution is -2.56. The average Bonchev–Trinajstić information content (AvgIpc) is 3.19. The molecule has 1 unspecified atom stereocenters. The summed E-state index contributed by atoms with van der Waals surface area (Å²) >= 11 is 7.39. The van der Waals surface area contributed by atoms with Crippen LogP contribution in [0.1, 0.15) is 11.6 Å². The largest absolute Gasteiger partial charge is 0.298 e. The number of thiophene rings is 1. The van der Waals surface area contributed by atoms with Crippen LogP contribution < -0.4 is 9.80 Å². The fourth-order valence-electron chi connectivity index (χ4n) is 3.18. The Morgan fingerprint density at radius 1 is 1.04 bits per heavy atom. The van der Waals surface area contributed by atoms with Crippen LogP contribution in [0.25, 0.3) is 0 Å². The van der Waals surface area contributed by atoms with E-state index in [2.05, 4.69) is 0 Å². The van der Waals surface area contributed by atoms with Gasteiger partial charge >= 0.3 is 0 Å². The highest BCUT2D eigenvalue weighted by Crippen LogP contribution is 2.36. The first-order valence-electron chi connectivity index (χ1n) is 8.22. The van der Waals surface area contributed by atoms with Gasteiger partial charge < -0.3 is 0 Å². The van der Waals surface area contributed by atoms with Crippen LogP contribution in [-0.4, -0.2) is 18.4 Å². The van der Waals surface area contributed by atoms with Crippen molar-refractivity contribution in [1.29, 1.82) is 0 Å². The minimum Gasteiger partial charge on any atom is -0.298 e. The first-order valence-corrected chi connectivity index (χ1v) is 9.54. The van der Waals surface area contributed by atoms with Gasteiger partial charge in [-0.05, 0) is 58.8 Å². The van der Waals surface area contributed by atoms with Gasteiger partial charge in [0.2, 0.25) is 5.91 Å². The average molecular weight is 401 g/mol. The van der Waals surface area contributed by atoms with Gasteiger partial charge in [0, 0.05) is 10.7 Å². The van der Waals surface area contributed by atoms with E-state index in [1.807, 2.05) is 10.8 Å². The second kappa shape index (κ2) is 7.13. The Balaban J connectivity index is 1.80. The SMILES string of the molecule is O=C1C(c2ccsc2)N(c2ccc(Cl)cc2)C(=O)CN1c1ccccc1F. The fraction of sp³-hybridized carbons (Fsp3) is 0.100. The van der Waals surface area contributed by atoms with Crippen molar-refractivity contribution in [1.82, 2.24) is 0 Å². The summed E-state index contributed by atoms with van der Waals surface area (Å²) in [5.74, 6) is -1.19. The third-order valence-corrected chi connectivity index (χ3v) is 5.38. The molecule has 4 nitrogen and oxygen atoms in total. The van der Waals surface area contributed by atoms with Gasteiger partial charge in [0.05, 0.1) is 5.69 Å². The molecule has 2 amide bonds. The van der Waals surface area contributed by atoms with Crippen molar-refractivity contribution in [2.45, 2.75) is 6.04 Å². The second-order valence-electron chi connectivity index (χ2n) is 6.08. The molecular formula is C20H14ClFN2O2S. The van der Waals surface area contributed by atoms with Crippen molar-refractivity contribution in [3.63, 3.8) is 0 Å². The maximum atomic E-state index is 14.3. The predicted octanol–water partition coefficient (Wildman–Crippen LogP) is 4.66. The zero-order valence-electron chi connectivity index (χ0n) is 14.0. The van der Waals surface area contributed by atoms with Crippen molar-refractivity contribution >= 4 is 46.1 Å². The number of hydrogen-bond donors (Lipinski definition) is 0. The van der Waals surface area contributed by atoms with Gasteiger partial charge in [0.15, 0.2) is 0 Å². The van der Waals surface area contributed by atoms with Gasteiger partial charge in [-0.1, -0.05) is 23.7 Å². The van der Waals surface area contributed by atoms with Crippen LogP contribution in [-0.2, 0) is 9.59 Å². The third-order valence-electron chi connectivity index (χ3n) is 4.43. The summed E-state index contributed by atoms with van der Waals surface area (Å²) < 4.78 is 14.3. The Labute approximate surface area is 164 Å². The molecule has 1 saturated heterocycles. The molecule has 0 spiro atoms. The minimum atomic E-state index is -0.863. The van der Waals surface area contributed by atoms with E-state index in [1.165, 1.54) is 33.3 Å². The molecule has 0 radical (unpaired) electrons. The van der Waals surface area contributed by atoms with Crippen molar-refractivity contribution in [3.05, 3.63) is 81.8 Å². The van der Waals surface area contributed by atoms with Crippen LogP contribution in [0.5, 0.6) is 0 Å². The number of amides is 2. The topological polar surface area (TPSA) is 40.6 Å². The van der Waals surface area contributed by atoms with Crippen LogP contribution in [0.2, 0.25) is 5.02 Å². The number of hydrogen-bond acceptors (Lipinski definition) is 3. The van der Waals surface area contributed by atoms with Gasteiger partial charge in [-0.15, -0.1) is 0 Å². The molecule has 3 aromatic rings. The lowest BCUT2D eigenvalue weighted by atomic mass is 10.0. The molecule has 136 valence electrons. The number of nitrogens with zero attached hydrogens (tertiary/aromatic N) is 2. The van der Waals surface area contributed by atoms with E-state index in [1.54, 1.807) is 42.5 Å². The Hall–Kier alpha value is -2.70. The molecule has 0 aliphatic carbocycles. The van der Waals surface area contributed by atoms with Gasteiger partial charge in [0.25, 0.3) is 5.91 Å². The first kappa shape index (κ1) is 17.7. The summed E-state index contributed by atoms with van der Waals surface area (Å²) in [4.78, 5) is 29.0. The summed E-state index contributed by atoms with van der Waals surface area (Å²) in [5, 5.41) is 4.20. The van der Waals surface area contributed by atoms with Gasteiger partial charge in [0.1, 0.15) is 18.4 Å². The van der Waals surface area contributed by atoms with Crippen LogP contribution in [0.4, 0.5) is 15.8 Å². The smallest absolute Gasteiger partial charge is 0.255 e. The Kier molecular flexibility index (Phi) is 4.68. The normalized spacial score (nSPS) is 17.5. The third kappa shape index (κ3) is 3.22. The number of carbonyl (C=O) groups is 2. The predicted molar refractivity (Wildman–Crippen MR) is 105 cm³/mol. The number of anilines is 2. The summed E-state index contributed by atoms with van der Waals surface area (Å²) in [6, 6.07) is 13.6. The summed E-state index contributed by atoms with van der Waals surface area (Å²) in [7, 11) is 0. The van der Waals surface area contributed by atoms with Gasteiger partial charge in [-0.2, -0.15) is 11.3 Å². The van der Waals surface area contributed by atoms with Crippen molar-refractivity contribution in [3.8, 4) is 0 Å². The molecule has 1 fully saturated rings. The molecule has 1 aliphatic heterocycles. The van der Waals surface area contributed by atoms with Gasteiger partial charge in [-0.3, -0.25) is 19.4 Å². The lowest BCUT2D eigenvalue weighted by molar-refractivity contribution is -0.128. The molecule has 1 aromatic heterocycles. The van der Waals surface area contributed by atoms with Crippen molar-refractivity contribution in [2.24, 2.45) is 0 Å². The zero-order valence-corrected chi connectivity index (χ0v) is 15.6. The monoisotopic (exact) mass is 400 g/mol. The molecule has 2 aromatic carbocycles. The Bertz CT molecular complexity index is 991. The van der Waals surface area contributed by atoms with Gasteiger partial charge in [-0.25, -0.2) is 4.39 Å². The second-order valence-corrected chi connectivity index (χ2v) is 7.29. The number of carbonyl (C=O) groups excluding carboxylic acids is 2. The molecule has 1 aliphatic rings. The van der Waals surface area contributed by atoms with Crippen molar-refractivity contribution in [2.75, 3.05) is 16.3 Å². The number of halogens is 2. The molecule has 0 bridgehead atoms. The molecule has 0 saturated carbocycles. The van der Waals surface area contributed by atoms with E-state index in [4.69, 9.17) is 11.6 Å². The van der Waals surface area contributed by atoms with Crippen LogP contribution in [0.15, 0.2) is 65.4 Å². The minimum absolute atomic E-state index is 0.104. The highest BCUT2D eigenvalue weighted by molar-refractivity contribution is 7.08. The summed E-state index contributed by atoms with van der Waals surface area (Å²) in [6.07, 6.45) is 0. The standard InChI is InChI=1S/C20H14ClFN2O2S/c21-14-5-7-15(8-6-14)24-18(25)11-23(17-4-2-1-3-16(17)22)20(26)19(24)13-9-10-27-12-13/h1-10,12,19H,11H2. The van der Waals surface area contributed by atoms with E-state index < -0.39 is 11.9 Å². The maximum Gasteiger partial charge on any atom is 0.255 e. The van der Waals surface area contributed by atoms with Crippen molar-refractivity contribution < 1.29 is 14.0 Å². The van der Waals surface area contributed by atoms with Crippen LogP contribution in [0, 0.1) is 5.82 Å². The van der Waals surface area contributed by atoms with Crippen LogP contribution >= 0.6 is 22.9 Å². The Morgan fingerprint density at radius 2 is 1.78 bits per heavy atom. The molecule has 27 heavy (non-hydrogen) atoms. The van der Waals surface area contributed by atoms with E-state index >= 15 is 0 Å². The highest BCUT2D eigenvalue weighted by Gasteiger charge is 2.42. The molecule has 4 rings (SSSR count). The van der Waals surface area contributed by atoms with E-state index in [9.17, 15) is 14.0 Å². The summed E-state index contributed by atoms with van der Waals surface area (Å²) in [5.41, 5.74) is 1.36. The molecule has 7 heteroatoms. The highest BCUT2D eigenvalue weighted by atomic mass is 35.5. The van der Waals surface area contributed by atoms with E-state index in [0.29, 0.717) is 16.3 Å².